The molecule has 0 saturated carbocycles. The average molecular weight is 363 g/mol. The van der Waals surface area contributed by atoms with Gasteiger partial charge in [0.2, 0.25) is 5.88 Å². The van der Waals surface area contributed by atoms with E-state index in [9.17, 15) is 10.1 Å². The minimum absolute atomic E-state index is 0.280. The first-order valence-electron chi connectivity index (χ1n) is 7.88. The van der Waals surface area contributed by atoms with E-state index in [-0.39, 0.29) is 11.7 Å². The quantitative estimate of drug-likeness (QED) is 0.764. The molecule has 0 saturated heterocycles. The van der Waals surface area contributed by atoms with Crippen LogP contribution in [0.1, 0.15) is 16.1 Å². The van der Waals surface area contributed by atoms with Crippen molar-refractivity contribution in [1.82, 2.24) is 14.5 Å². The molecule has 26 heavy (non-hydrogen) atoms. The number of nitrogens with zero attached hydrogens (tertiary/aromatic N) is 4. The maximum Gasteiger partial charge on any atom is 0.257 e. The van der Waals surface area contributed by atoms with Gasteiger partial charge in [0.15, 0.2) is 16.7 Å². The lowest BCUT2D eigenvalue weighted by molar-refractivity contribution is 0.102. The lowest BCUT2D eigenvalue weighted by atomic mass is 10.2. The zero-order chi connectivity index (χ0) is 17.9. The van der Waals surface area contributed by atoms with Crippen LogP contribution in [0.25, 0.3) is 0 Å². The number of benzene rings is 1. The Bertz CT molecular complexity index is 1010. The molecule has 128 valence electrons. The molecule has 0 fully saturated rings. The monoisotopic (exact) mass is 363 g/mol. The molecule has 3 aromatic rings. The fourth-order valence-corrected chi connectivity index (χ4v) is 3.52. The van der Waals surface area contributed by atoms with Gasteiger partial charge in [-0.15, -0.1) is 0 Å². The molecule has 4 rings (SSSR count). The Labute approximate surface area is 153 Å². The highest BCUT2D eigenvalue weighted by Gasteiger charge is 2.23. The van der Waals surface area contributed by atoms with E-state index < -0.39 is 0 Å². The second-order valence-electron chi connectivity index (χ2n) is 5.46. The molecule has 0 spiro atoms. The number of hydrogen-bond acceptors (Lipinski definition) is 6. The molecule has 1 aliphatic rings. The largest absolute Gasteiger partial charge is 0.439 e. The van der Waals surface area contributed by atoms with Crippen LogP contribution in [0.2, 0.25) is 0 Å². The van der Waals surface area contributed by atoms with Gasteiger partial charge in [-0.2, -0.15) is 5.26 Å². The van der Waals surface area contributed by atoms with Gasteiger partial charge in [-0.25, -0.2) is 9.97 Å². The maximum atomic E-state index is 12.6. The van der Waals surface area contributed by atoms with Gasteiger partial charge in [-0.1, -0.05) is 30.0 Å². The topological polar surface area (TPSA) is 92.8 Å². The SMILES string of the molecule is N#Cc1c(NC(=O)c2ccnc(Oc3ccccc3)c2)nc2n1CCS2. The second kappa shape index (κ2) is 6.90. The van der Waals surface area contributed by atoms with E-state index >= 15 is 0 Å². The van der Waals surface area contributed by atoms with Gasteiger partial charge in [0.1, 0.15) is 11.8 Å². The highest BCUT2D eigenvalue weighted by atomic mass is 32.2. The molecule has 1 amide bonds. The van der Waals surface area contributed by atoms with E-state index in [0.29, 0.717) is 22.9 Å². The number of imidazole rings is 1. The predicted molar refractivity (Wildman–Crippen MR) is 96.4 cm³/mol. The molecule has 7 nitrogen and oxygen atoms in total. The molecule has 0 unspecified atom stereocenters. The molecule has 8 heteroatoms. The van der Waals surface area contributed by atoms with Crippen molar-refractivity contribution in [2.75, 3.05) is 11.1 Å². The summed E-state index contributed by atoms with van der Waals surface area (Å²) >= 11 is 1.56. The molecule has 0 aliphatic carbocycles. The predicted octanol–water partition coefficient (Wildman–Crippen LogP) is 3.30. The summed E-state index contributed by atoms with van der Waals surface area (Å²) in [7, 11) is 0. The van der Waals surface area contributed by atoms with Crippen molar-refractivity contribution in [2.24, 2.45) is 0 Å². The first-order chi connectivity index (χ1) is 12.7. The fraction of sp³-hybridized carbons (Fsp3) is 0.111. The molecule has 0 atom stereocenters. The van der Waals surface area contributed by atoms with E-state index in [1.54, 1.807) is 36.0 Å². The number of anilines is 1. The molecule has 1 aromatic carbocycles. The van der Waals surface area contributed by atoms with Gasteiger partial charge < -0.3 is 14.6 Å². The number of pyridine rings is 1. The van der Waals surface area contributed by atoms with E-state index in [2.05, 4.69) is 21.4 Å². The Hall–Kier alpha value is -3.31. The van der Waals surface area contributed by atoms with E-state index in [1.807, 2.05) is 22.8 Å². The number of carbonyl (C=O) groups excluding carboxylic acids is 1. The summed E-state index contributed by atoms with van der Waals surface area (Å²) in [5.74, 6) is 1.74. The Morgan fingerprint density at radius 3 is 2.96 bits per heavy atom. The van der Waals surface area contributed by atoms with Crippen LogP contribution in [0.4, 0.5) is 5.82 Å². The summed E-state index contributed by atoms with van der Waals surface area (Å²) in [4.78, 5) is 21.0. The van der Waals surface area contributed by atoms with Gasteiger partial charge in [0, 0.05) is 30.1 Å². The van der Waals surface area contributed by atoms with Gasteiger partial charge >= 0.3 is 0 Å². The van der Waals surface area contributed by atoms with E-state index in [4.69, 9.17) is 4.74 Å². The number of nitriles is 1. The number of rotatable bonds is 4. The van der Waals surface area contributed by atoms with Crippen molar-refractivity contribution < 1.29 is 9.53 Å². The number of hydrogen-bond donors (Lipinski definition) is 1. The van der Waals surface area contributed by atoms with E-state index in [1.165, 1.54) is 6.20 Å². The minimum Gasteiger partial charge on any atom is -0.439 e. The number of carbonyl (C=O) groups is 1. The van der Waals surface area contributed by atoms with Crippen LogP contribution in [0.3, 0.4) is 0 Å². The summed E-state index contributed by atoms with van der Waals surface area (Å²) in [5, 5.41) is 12.8. The van der Waals surface area contributed by atoms with Crippen molar-refractivity contribution in [3.63, 3.8) is 0 Å². The maximum absolute atomic E-state index is 12.6. The lowest BCUT2D eigenvalue weighted by Gasteiger charge is -2.07. The number of fused-ring (bicyclic) bond motifs is 1. The Morgan fingerprint density at radius 2 is 2.15 bits per heavy atom. The van der Waals surface area contributed by atoms with Crippen LogP contribution < -0.4 is 10.1 Å². The van der Waals surface area contributed by atoms with Gasteiger partial charge in [-0.3, -0.25) is 4.79 Å². The average Bonchev–Trinajstić information content (AvgIpc) is 3.23. The van der Waals surface area contributed by atoms with Crippen molar-refractivity contribution in [3.8, 4) is 17.7 Å². The molecule has 3 heterocycles. The van der Waals surface area contributed by atoms with E-state index in [0.717, 1.165) is 17.5 Å². The van der Waals surface area contributed by atoms with Crippen LogP contribution in [0.5, 0.6) is 11.6 Å². The molecular weight excluding hydrogens is 350 g/mol. The van der Waals surface area contributed by atoms with Crippen molar-refractivity contribution in [2.45, 2.75) is 11.7 Å². The van der Waals surface area contributed by atoms with Crippen LogP contribution in [0.15, 0.2) is 53.8 Å². The molecule has 1 aliphatic heterocycles. The first-order valence-corrected chi connectivity index (χ1v) is 8.87. The molecule has 0 bridgehead atoms. The first kappa shape index (κ1) is 16.2. The number of aromatic nitrogens is 3. The summed E-state index contributed by atoms with van der Waals surface area (Å²) < 4.78 is 7.46. The second-order valence-corrected chi connectivity index (χ2v) is 6.52. The number of ether oxygens (including phenoxy) is 1. The standard InChI is InChI=1S/C18H13N5O2S/c19-11-14-16(22-18-23(14)8-9-26-18)21-17(24)12-6-7-20-15(10-12)25-13-4-2-1-3-5-13/h1-7,10H,8-9H2,(H,21,24). The third-order valence-electron chi connectivity index (χ3n) is 3.78. The van der Waals surface area contributed by atoms with Gasteiger partial charge in [0.25, 0.3) is 5.91 Å². The van der Waals surface area contributed by atoms with Crippen LogP contribution in [-0.4, -0.2) is 26.2 Å². The summed E-state index contributed by atoms with van der Waals surface area (Å²) in [6, 6.07) is 14.4. The Balaban J connectivity index is 1.54. The number of para-hydroxylation sites is 1. The summed E-state index contributed by atoms with van der Waals surface area (Å²) in [6.45, 7) is 0.718. The molecule has 0 radical (unpaired) electrons. The normalized spacial score (nSPS) is 12.3. The fourth-order valence-electron chi connectivity index (χ4n) is 2.57. The molecule has 2 aromatic heterocycles. The molecule has 1 N–H and O–H groups in total. The van der Waals surface area contributed by atoms with Crippen LogP contribution in [0, 0.1) is 11.3 Å². The van der Waals surface area contributed by atoms with Gasteiger partial charge in [0.05, 0.1) is 0 Å². The van der Waals surface area contributed by atoms with Crippen LogP contribution in [-0.2, 0) is 6.54 Å². The Morgan fingerprint density at radius 1 is 1.31 bits per heavy atom. The lowest BCUT2D eigenvalue weighted by Crippen LogP contribution is -2.14. The van der Waals surface area contributed by atoms with Crippen molar-refractivity contribution >= 4 is 23.5 Å². The molecular formula is C18H13N5O2S. The highest BCUT2D eigenvalue weighted by molar-refractivity contribution is 7.99. The third-order valence-corrected chi connectivity index (χ3v) is 4.74. The van der Waals surface area contributed by atoms with Crippen LogP contribution >= 0.6 is 11.8 Å². The number of amides is 1. The Kier molecular flexibility index (Phi) is 4.29. The summed E-state index contributed by atoms with van der Waals surface area (Å²) in [6.07, 6.45) is 1.50. The number of thioether (sulfide) groups is 1. The number of nitrogens with one attached hydrogen (secondary N) is 1. The zero-order valence-corrected chi connectivity index (χ0v) is 14.4. The van der Waals surface area contributed by atoms with Gasteiger partial charge in [-0.05, 0) is 18.2 Å². The smallest absolute Gasteiger partial charge is 0.257 e. The third kappa shape index (κ3) is 3.12. The zero-order valence-electron chi connectivity index (χ0n) is 13.5. The van der Waals surface area contributed by atoms with Crippen molar-refractivity contribution in [1.29, 1.82) is 5.26 Å². The highest BCUT2D eigenvalue weighted by Crippen LogP contribution is 2.30. The van der Waals surface area contributed by atoms with Crippen molar-refractivity contribution in [3.05, 3.63) is 59.9 Å². The summed E-state index contributed by atoms with van der Waals surface area (Å²) in [5.41, 5.74) is 0.740. The minimum atomic E-state index is -0.372.